The maximum absolute atomic E-state index is 4.35. The highest BCUT2D eigenvalue weighted by atomic mass is 127. The molecule has 0 aromatic carbocycles. The van der Waals surface area contributed by atoms with Crippen LogP contribution in [0.15, 0.2) is 4.99 Å². The van der Waals surface area contributed by atoms with Gasteiger partial charge in [-0.15, -0.1) is 24.0 Å². The number of hydrogen-bond acceptors (Lipinski definition) is 3. The van der Waals surface area contributed by atoms with Crippen molar-refractivity contribution in [3.8, 4) is 0 Å². The van der Waals surface area contributed by atoms with Gasteiger partial charge in [-0.2, -0.15) is 11.8 Å². The Balaban J connectivity index is 0.00000441. The molecule has 1 fully saturated rings. The second-order valence-electron chi connectivity index (χ2n) is 6.76. The molecule has 4 nitrogen and oxygen atoms in total. The van der Waals surface area contributed by atoms with E-state index in [1.165, 1.54) is 31.4 Å². The molecule has 1 rings (SSSR count). The average Bonchev–Trinajstić information content (AvgIpc) is 2.42. The largest absolute Gasteiger partial charge is 0.355 e. The van der Waals surface area contributed by atoms with Gasteiger partial charge in [-0.1, -0.05) is 13.3 Å². The standard InChI is InChI=1S/C16H34N4S.HI/c1-6-21-14-9-7-8-13(12-14)20-15(17-5)18-10-11-19-16(2,3)4;/h13-14,19H,6-12H2,1-5H3,(H2,17,18,20);1H. The first-order chi connectivity index (χ1) is 9.94. The second kappa shape index (κ2) is 11.8. The SMILES string of the molecule is CCSC1CCCC(NC(=NC)NCCNC(C)(C)C)C1.I. The molecule has 0 aromatic rings. The summed E-state index contributed by atoms with van der Waals surface area (Å²) in [7, 11) is 1.85. The predicted octanol–water partition coefficient (Wildman–Crippen LogP) is 3.22. The molecule has 0 bridgehead atoms. The third-order valence-corrected chi connectivity index (χ3v) is 4.90. The van der Waals surface area contributed by atoms with Gasteiger partial charge < -0.3 is 16.0 Å². The fourth-order valence-electron chi connectivity index (χ4n) is 2.67. The number of rotatable bonds is 6. The molecule has 0 radical (unpaired) electrons. The van der Waals surface area contributed by atoms with Crippen molar-refractivity contribution < 1.29 is 0 Å². The smallest absolute Gasteiger partial charge is 0.191 e. The lowest BCUT2D eigenvalue weighted by molar-refractivity contribution is 0.414. The second-order valence-corrected chi connectivity index (χ2v) is 8.34. The summed E-state index contributed by atoms with van der Waals surface area (Å²) in [6.07, 6.45) is 5.23. The Labute approximate surface area is 158 Å². The van der Waals surface area contributed by atoms with Crippen molar-refractivity contribution >= 4 is 41.7 Å². The zero-order chi connectivity index (χ0) is 15.7. The third-order valence-electron chi connectivity index (χ3n) is 3.67. The molecule has 132 valence electrons. The highest BCUT2D eigenvalue weighted by Crippen LogP contribution is 2.28. The van der Waals surface area contributed by atoms with Gasteiger partial charge in [0, 0.05) is 37.0 Å². The van der Waals surface area contributed by atoms with E-state index in [1.807, 2.05) is 7.05 Å². The van der Waals surface area contributed by atoms with Gasteiger partial charge in [-0.3, -0.25) is 4.99 Å². The van der Waals surface area contributed by atoms with E-state index in [2.05, 4.69) is 60.4 Å². The van der Waals surface area contributed by atoms with Crippen molar-refractivity contribution in [2.24, 2.45) is 4.99 Å². The maximum Gasteiger partial charge on any atom is 0.191 e. The molecule has 0 heterocycles. The fourth-order valence-corrected chi connectivity index (χ4v) is 3.84. The molecular formula is C16H35IN4S. The lowest BCUT2D eigenvalue weighted by atomic mass is 9.95. The normalized spacial score (nSPS) is 22.9. The van der Waals surface area contributed by atoms with Gasteiger partial charge in [0.1, 0.15) is 0 Å². The van der Waals surface area contributed by atoms with Crippen molar-refractivity contribution in [3.05, 3.63) is 0 Å². The first-order valence-corrected chi connectivity index (χ1v) is 9.33. The lowest BCUT2D eigenvalue weighted by Crippen LogP contribution is -2.48. The number of aliphatic imine (C=N–C) groups is 1. The molecule has 6 heteroatoms. The van der Waals surface area contributed by atoms with E-state index in [0.717, 1.165) is 24.3 Å². The Kier molecular flexibility index (Phi) is 12.0. The van der Waals surface area contributed by atoms with Crippen LogP contribution in [0.5, 0.6) is 0 Å². The number of nitrogens with one attached hydrogen (secondary N) is 3. The van der Waals surface area contributed by atoms with E-state index in [9.17, 15) is 0 Å². The molecule has 0 spiro atoms. The zero-order valence-corrected chi connectivity index (χ0v) is 18.0. The highest BCUT2D eigenvalue weighted by Gasteiger charge is 2.22. The number of halogens is 1. The third kappa shape index (κ3) is 10.2. The van der Waals surface area contributed by atoms with E-state index in [1.54, 1.807) is 0 Å². The van der Waals surface area contributed by atoms with Crippen molar-refractivity contribution in [2.45, 2.75) is 70.2 Å². The van der Waals surface area contributed by atoms with E-state index < -0.39 is 0 Å². The Hall–Kier alpha value is 0.310. The number of hydrogen-bond donors (Lipinski definition) is 3. The Bertz CT molecular complexity index is 316. The molecule has 1 aliphatic rings. The molecule has 0 aliphatic heterocycles. The molecule has 1 saturated carbocycles. The lowest BCUT2D eigenvalue weighted by Gasteiger charge is -2.30. The molecule has 0 saturated heterocycles. The molecule has 0 aromatic heterocycles. The minimum atomic E-state index is 0. The first kappa shape index (κ1) is 22.3. The number of thioether (sulfide) groups is 1. The van der Waals surface area contributed by atoms with Crippen LogP contribution in [0.4, 0.5) is 0 Å². The molecule has 1 aliphatic carbocycles. The summed E-state index contributed by atoms with van der Waals surface area (Å²) in [6.45, 7) is 10.7. The first-order valence-electron chi connectivity index (χ1n) is 8.28. The van der Waals surface area contributed by atoms with E-state index in [0.29, 0.717) is 6.04 Å². The quantitative estimate of drug-likeness (QED) is 0.256. The van der Waals surface area contributed by atoms with Gasteiger partial charge in [0.25, 0.3) is 0 Å². The topological polar surface area (TPSA) is 48.5 Å². The Morgan fingerprint density at radius 3 is 2.55 bits per heavy atom. The van der Waals surface area contributed by atoms with Crippen molar-refractivity contribution in [2.75, 3.05) is 25.9 Å². The minimum absolute atomic E-state index is 0. The Morgan fingerprint density at radius 1 is 1.23 bits per heavy atom. The van der Waals surface area contributed by atoms with Crippen LogP contribution in [0.2, 0.25) is 0 Å². The average molecular weight is 442 g/mol. The van der Waals surface area contributed by atoms with Crippen LogP contribution >= 0.6 is 35.7 Å². The van der Waals surface area contributed by atoms with Crippen LogP contribution in [0.25, 0.3) is 0 Å². The summed E-state index contributed by atoms with van der Waals surface area (Å²) in [5.41, 5.74) is 0.173. The van der Waals surface area contributed by atoms with Gasteiger partial charge in [-0.25, -0.2) is 0 Å². The van der Waals surface area contributed by atoms with Crippen LogP contribution in [-0.4, -0.2) is 48.7 Å². The highest BCUT2D eigenvalue weighted by molar-refractivity contribution is 14.0. The van der Waals surface area contributed by atoms with Gasteiger partial charge in [0.2, 0.25) is 0 Å². The van der Waals surface area contributed by atoms with Crippen LogP contribution in [0.3, 0.4) is 0 Å². The van der Waals surface area contributed by atoms with Crippen molar-refractivity contribution in [1.82, 2.24) is 16.0 Å². The molecule has 3 N–H and O–H groups in total. The Morgan fingerprint density at radius 2 is 1.95 bits per heavy atom. The molecular weight excluding hydrogens is 407 g/mol. The molecule has 2 atom stereocenters. The molecule has 0 amide bonds. The maximum atomic E-state index is 4.35. The van der Waals surface area contributed by atoms with Crippen LogP contribution in [0.1, 0.15) is 53.4 Å². The molecule has 22 heavy (non-hydrogen) atoms. The van der Waals surface area contributed by atoms with Crippen LogP contribution in [0, 0.1) is 0 Å². The number of guanidine groups is 1. The van der Waals surface area contributed by atoms with E-state index in [-0.39, 0.29) is 29.5 Å². The van der Waals surface area contributed by atoms with Crippen LogP contribution < -0.4 is 16.0 Å². The summed E-state index contributed by atoms with van der Waals surface area (Å²) in [5, 5.41) is 11.3. The predicted molar refractivity (Wildman–Crippen MR) is 112 cm³/mol. The van der Waals surface area contributed by atoms with Gasteiger partial charge >= 0.3 is 0 Å². The summed E-state index contributed by atoms with van der Waals surface area (Å²) < 4.78 is 0. The molecule has 2 unspecified atom stereocenters. The number of nitrogens with zero attached hydrogens (tertiary/aromatic N) is 1. The zero-order valence-electron chi connectivity index (χ0n) is 14.9. The van der Waals surface area contributed by atoms with E-state index >= 15 is 0 Å². The monoisotopic (exact) mass is 442 g/mol. The summed E-state index contributed by atoms with van der Waals surface area (Å²) >= 11 is 2.10. The minimum Gasteiger partial charge on any atom is -0.355 e. The van der Waals surface area contributed by atoms with Gasteiger partial charge in [-0.05, 0) is 45.8 Å². The van der Waals surface area contributed by atoms with Crippen molar-refractivity contribution in [3.63, 3.8) is 0 Å². The van der Waals surface area contributed by atoms with Gasteiger partial charge in [0.05, 0.1) is 0 Å². The van der Waals surface area contributed by atoms with E-state index in [4.69, 9.17) is 0 Å². The fraction of sp³-hybridized carbons (Fsp3) is 0.938. The summed E-state index contributed by atoms with van der Waals surface area (Å²) in [6, 6.07) is 0.574. The van der Waals surface area contributed by atoms with Crippen molar-refractivity contribution in [1.29, 1.82) is 0 Å². The summed E-state index contributed by atoms with van der Waals surface area (Å²) in [5.74, 6) is 2.17. The van der Waals surface area contributed by atoms with Gasteiger partial charge in [0.15, 0.2) is 5.96 Å². The summed E-state index contributed by atoms with van der Waals surface area (Å²) in [4.78, 5) is 4.35. The van der Waals surface area contributed by atoms with Crippen LogP contribution in [-0.2, 0) is 0 Å².